The summed E-state index contributed by atoms with van der Waals surface area (Å²) >= 11 is 0. The van der Waals surface area contributed by atoms with Crippen molar-refractivity contribution in [2.24, 2.45) is 0 Å². The van der Waals surface area contributed by atoms with Crippen LogP contribution in [-0.4, -0.2) is 15.8 Å². The molecule has 0 aliphatic rings. The summed E-state index contributed by atoms with van der Waals surface area (Å²) in [5.41, 5.74) is 12.1. The monoisotopic (exact) mass is 214 g/mol. The molecule has 0 radical (unpaired) electrons. The summed E-state index contributed by atoms with van der Waals surface area (Å²) in [6.45, 7) is 0. The van der Waals surface area contributed by atoms with Gasteiger partial charge in [0.05, 0.1) is 11.3 Å². The van der Waals surface area contributed by atoms with Crippen LogP contribution in [0.1, 0.15) is 16.1 Å². The van der Waals surface area contributed by atoms with Crippen LogP contribution in [0.2, 0.25) is 0 Å². The maximum absolute atomic E-state index is 12.0. The third kappa shape index (κ3) is 1.70. The number of hydrogen-bond acceptors (Lipinski definition) is 5. The molecule has 0 saturated carbocycles. The number of rotatable bonds is 2. The van der Waals surface area contributed by atoms with Crippen molar-refractivity contribution in [2.75, 3.05) is 11.5 Å². The van der Waals surface area contributed by atoms with Gasteiger partial charge in [-0.3, -0.25) is 9.78 Å². The predicted octanol–water partition coefficient (Wildman–Crippen LogP) is 0.872. The normalized spacial score (nSPS) is 10.0. The lowest BCUT2D eigenvalue weighted by atomic mass is 10.1. The molecule has 2 aromatic rings. The van der Waals surface area contributed by atoms with Gasteiger partial charge in [0, 0.05) is 12.4 Å². The van der Waals surface area contributed by atoms with Gasteiger partial charge in [-0.25, -0.2) is 4.98 Å². The van der Waals surface area contributed by atoms with E-state index in [0.717, 1.165) is 0 Å². The maximum Gasteiger partial charge on any atom is 0.217 e. The summed E-state index contributed by atoms with van der Waals surface area (Å²) in [7, 11) is 0. The molecule has 2 rings (SSSR count). The molecule has 2 aromatic heterocycles. The average Bonchev–Trinajstić information content (AvgIpc) is 2.29. The van der Waals surface area contributed by atoms with E-state index < -0.39 is 0 Å². The average molecular weight is 214 g/mol. The fourth-order valence-corrected chi connectivity index (χ4v) is 1.34. The van der Waals surface area contributed by atoms with Gasteiger partial charge in [-0.15, -0.1) is 0 Å². The molecule has 16 heavy (non-hydrogen) atoms. The predicted molar refractivity (Wildman–Crippen MR) is 60.7 cm³/mol. The Morgan fingerprint density at radius 1 is 1.06 bits per heavy atom. The Morgan fingerprint density at radius 3 is 2.44 bits per heavy atom. The number of aromatic nitrogens is 2. The molecule has 5 heteroatoms. The molecular weight excluding hydrogens is 204 g/mol. The summed E-state index contributed by atoms with van der Waals surface area (Å²) in [6, 6.07) is 6.52. The second-order valence-corrected chi connectivity index (χ2v) is 3.21. The number of nitrogen functional groups attached to an aromatic ring is 2. The molecule has 0 spiro atoms. The van der Waals surface area contributed by atoms with Crippen LogP contribution in [0.15, 0.2) is 36.7 Å². The molecular formula is C11H10N4O. The highest BCUT2D eigenvalue weighted by Gasteiger charge is 2.16. The van der Waals surface area contributed by atoms with E-state index in [9.17, 15) is 4.79 Å². The third-order valence-electron chi connectivity index (χ3n) is 2.14. The van der Waals surface area contributed by atoms with E-state index in [0.29, 0.717) is 11.3 Å². The van der Waals surface area contributed by atoms with Crippen molar-refractivity contribution in [3.8, 4) is 0 Å². The number of pyridine rings is 2. The molecule has 0 fully saturated rings. The number of nitrogens with zero attached hydrogens (tertiary/aromatic N) is 2. The van der Waals surface area contributed by atoms with Gasteiger partial charge >= 0.3 is 0 Å². The molecule has 0 bridgehead atoms. The van der Waals surface area contributed by atoms with E-state index in [2.05, 4.69) is 9.97 Å². The van der Waals surface area contributed by atoms with E-state index in [-0.39, 0.29) is 17.3 Å². The summed E-state index contributed by atoms with van der Waals surface area (Å²) in [6.07, 6.45) is 3.03. The summed E-state index contributed by atoms with van der Waals surface area (Å²) < 4.78 is 0. The van der Waals surface area contributed by atoms with Crippen LogP contribution >= 0.6 is 0 Å². The first-order valence-electron chi connectivity index (χ1n) is 4.66. The van der Waals surface area contributed by atoms with E-state index in [1.165, 1.54) is 12.4 Å². The second kappa shape index (κ2) is 3.98. The van der Waals surface area contributed by atoms with Gasteiger partial charge in [-0.1, -0.05) is 0 Å². The van der Waals surface area contributed by atoms with Gasteiger partial charge in [0.1, 0.15) is 11.5 Å². The van der Waals surface area contributed by atoms with Crippen LogP contribution in [0.5, 0.6) is 0 Å². The first-order valence-corrected chi connectivity index (χ1v) is 4.66. The lowest BCUT2D eigenvalue weighted by molar-refractivity contribution is 0.103. The van der Waals surface area contributed by atoms with Gasteiger partial charge < -0.3 is 11.5 Å². The smallest absolute Gasteiger partial charge is 0.217 e. The van der Waals surface area contributed by atoms with Crippen molar-refractivity contribution >= 4 is 17.3 Å². The SMILES string of the molecule is Nc1cccnc1C(=O)c1cccnc1N. The zero-order valence-corrected chi connectivity index (χ0v) is 8.42. The molecule has 0 aliphatic heterocycles. The van der Waals surface area contributed by atoms with Crippen LogP contribution in [-0.2, 0) is 0 Å². The standard InChI is InChI=1S/C11H10N4O/c12-8-4-2-5-14-9(8)10(16)7-3-1-6-15-11(7)13/h1-6H,12H2,(H2,13,15). The first-order chi connectivity index (χ1) is 7.70. The summed E-state index contributed by atoms with van der Waals surface area (Å²) in [5, 5.41) is 0. The van der Waals surface area contributed by atoms with E-state index in [4.69, 9.17) is 11.5 Å². The minimum absolute atomic E-state index is 0.178. The van der Waals surface area contributed by atoms with E-state index >= 15 is 0 Å². The van der Waals surface area contributed by atoms with Crippen molar-refractivity contribution in [1.82, 2.24) is 9.97 Å². The topological polar surface area (TPSA) is 94.9 Å². The van der Waals surface area contributed by atoms with Crippen LogP contribution in [0.3, 0.4) is 0 Å². The molecule has 0 atom stereocenters. The van der Waals surface area contributed by atoms with Gasteiger partial charge in [0.2, 0.25) is 5.78 Å². The Balaban J connectivity index is 2.48. The minimum atomic E-state index is -0.316. The zero-order valence-electron chi connectivity index (χ0n) is 8.42. The number of carbonyl (C=O) groups is 1. The van der Waals surface area contributed by atoms with Gasteiger partial charge in [-0.2, -0.15) is 0 Å². The second-order valence-electron chi connectivity index (χ2n) is 3.21. The van der Waals surface area contributed by atoms with Gasteiger partial charge in [-0.05, 0) is 24.3 Å². The molecule has 4 N–H and O–H groups in total. The molecule has 5 nitrogen and oxygen atoms in total. The number of carbonyl (C=O) groups excluding carboxylic acids is 1. The highest BCUT2D eigenvalue weighted by Crippen LogP contribution is 2.16. The largest absolute Gasteiger partial charge is 0.397 e. The molecule has 80 valence electrons. The highest BCUT2D eigenvalue weighted by molar-refractivity contribution is 6.12. The van der Waals surface area contributed by atoms with Crippen LogP contribution < -0.4 is 11.5 Å². The van der Waals surface area contributed by atoms with Crippen molar-refractivity contribution in [2.45, 2.75) is 0 Å². The van der Waals surface area contributed by atoms with E-state index in [1.54, 1.807) is 24.3 Å². The maximum atomic E-state index is 12.0. The molecule has 0 amide bonds. The molecule has 0 aliphatic carbocycles. The van der Waals surface area contributed by atoms with Gasteiger partial charge in [0.15, 0.2) is 0 Å². The number of anilines is 2. The van der Waals surface area contributed by atoms with Crippen LogP contribution in [0.4, 0.5) is 11.5 Å². The number of ketones is 1. The lowest BCUT2D eigenvalue weighted by Gasteiger charge is -2.04. The van der Waals surface area contributed by atoms with Crippen molar-refractivity contribution in [3.05, 3.63) is 47.9 Å². The zero-order chi connectivity index (χ0) is 11.5. The summed E-state index contributed by atoms with van der Waals surface area (Å²) in [4.78, 5) is 19.8. The number of hydrogen-bond donors (Lipinski definition) is 2. The fourth-order valence-electron chi connectivity index (χ4n) is 1.34. The van der Waals surface area contributed by atoms with Crippen LogP contribution in [0.25, 0.3) is 0 Å². The molecule has 0 aromatic carbocycles. The molecule has 0 saturated heterocycles. The van der Waals surface area contributed by atoms with E-state index in [1.807, 2.05) is 0 Å². The molecule has 2 heterocycles. The quantitative estimate of drug-likeness (QED) is 0.723. The lowest BCUT2D eigenvalue weighted by Crippen LogP contribution is -2.10. The Hall–Kier alpha value is -2.43. The van der Waals surface area contributed by atoms with Crippen molar-refractivity contribution in [3.63, 3.8) is 0 Å². The van der Waals surface area contributed by atoms with Gasteiger partial charge in [0.25, 0.3) is 0 Å². The number of nitrogens with two attached hydrogens (primary N) is 2. The summed E-state index contributed by atoms with van der Waals surface area (Å²) in [5.74, 6) is -0.138. The van der Waals surface area contributed by atoms with Crippen LogP contribution in [0, 0.1) is 0 Å². The fraction of sp³-hybridized carbons (Fsp3) is 0. The third-order valence-corrected chi connectivity index (χ3v) is 2.14. The molecule has 0 unspecified atom stereocenters. The Morgan fingerprint density at radius 2 is 1.75 bits per heavy atom. The Bertz CT molecular complexity index is 492. The first kappa shape index (κ1) is 10.1. The van der Waals surface area contributed by atoms with Crippen molar-refractivity contribution < 1.29 is 4.79 Å². The Kier molecular flexibility index (Phi) is 2.51. The highest BCUT2D eigenvalue weighted by atomic mass is 16.1. The van der Waals surface area contributed by atoms with Crippen molar-refractivity contribution in [1.29, 1.82) is 0 Å². The Labute approximate surface area is 92.1 Å². The minimum Gasteiger partial charge on any atom is -0.397 e.